The van der Waals surface area contributed by atoms with Crippen molar-refractivity contribution in [2.75, 3.05) is 18.1 Å². The van der Waals surface area contributed by atoms with E-state index in [-0.39, 0.29) is 18.0 Å². The highest BCUT2D eigenvalue weighted by molar-refractivity contribution is 7.17. The molecule has 1 aromatic heterocycles. The Morgan fingerprint density at radius 3 is 2.94 bits per heavy atom. The molecule has 0 spiro atoms. The number of ether oxygens (including phenoxy) is 1. The van der Waals surface area contributed by atoms with Crippen molar-refractivity contribution in [2.45, 2.75) is 26.8 Å². The van der Waals surface area contributed by atoms with E-state index in [0.29, 0.717) is 28.9 Å². The van der Waals surface area contributed by atoms with Crippen molar-refractivity contribution >= 4 is 28.5 Å². The minimum atomic E-state index is -0.383. The number of carbonyl (C=O) groups excluding carboxylic acids is 2. The number of hydrogen-bond donors (Lipinski definition) is 1. The first-order valence-electron chi connectivity index (χ1n) is 5.75. The Kier molecular flexibility index (Phi) is 3.51. The van der Waals surface area contributed by atoms with Gasteiger partial charge in [-0.05, 0) is 20.8 Å². The fraction of sp³-hybridized carbons (Fsp3) is 0.545. The molecule has 0 unspecified atom stereocenters. The molecular formula is C11H15N3O3S. The second-order valence-corrected chi connectivity index (χ2v) is 5.07. The van der Waals surface area contributed by atoms with Gasteiger partial charge in [0.25, 0.3) is 0 Å². The Labute approximate surface area is 109 Å². The number of esters is 1. The van der Waals surface area contributed by atoms with E-state index < -0.39 is 0 Å². The minimum Gasteiger partial charge on any atom is -0.462 e. The topological polar surface area (TPSA) is 71.5 Å². The molecule has 1 N–H and O–H groups in total. The molecule has 1 fully saturated rings. The Bertz CT molecular complexity index is 486. The van der Waals surface area contributed by atoms with Crippen molar-refractivity contribution in [1.82, 2.24) is 10.3 Å². The summed E-state index contributed by atoms with van der Waals surface area (Å²) in [6.45, 7) is 6.31. The zero-order valence-corrected chi connectivity index (χ0v) is 11.3. The third-order valence-electron chi connectivity index (χ3n) is 2.55. The second-order valence-electron chi connectivity index (χ2n) is 4.09. The lowest BCUT2D eigenvalue weighted by molar-refractivity contribution is 0.0531. The van der Waals surface area contributed by atoms with Crippen LogP contribution in [-0.2, 0) is 4.74 Å². The number of thiazole rings is 1. The summed E-state index contributed by atoms with van der Waals surface area (Å²) in [6, 6.07) is -0.0839. The van der Waals surface area contributed by atoms with Crippen LogP contribution in [0.5, 0.6) is 0 Å². The summed E-state index contributed by atoms with van der Waals surface area (Å²) in [5.41, 5.74) is 0.598. The lowest BCUT2D eigenvalue weighted by Crippen LogP contribution is -2.27. The lowest BCUT2D eigenvalue weighted by atomic mass is 10.4. The van der Waals surface area contributed by atoms with E-state index in [9.17, 15) is 9.59 Å². The summed E-state index contributed by atoms with van der Waals surface area (Å²) in [6.07, 6.45) is 0. The highest BCUT2D eigenvalue weighted by atomic mass is 32.1. The minimum absolute atomic E-state index is 0.0905. The monoisotopic (exact) mass is 269 g/mol. The van der Waals surface area contributed by atoms with Crippen molar-refractivity contribution in [1.29, 1.82) is 0 Å². The Balaban J connectivity index is 2.23. The number of carbonyl (C=O) groups is 2. The molecule has 2 amide bonds. The summed E-state index contributed by atoms with van der Waals surface area (Å²) < 4.78 is 4.95. The van der Waals surface area contributed by atoms with Gasteiger partial charge in [-0.15, -0.1) is 0 Å². The van der Waals surface area contributed by atoms with Crippen molar-refractivity contribution in [3.63, 3.8) is 0 Å². The average molecular weight is 269 g/mol. The van der Waals surface area contributed by atoms with Crippen LogP contribution in [0.3, 0.4) is 0 Å². The number of hydrogen-bond acceptors (Lipinski definition) is 5. The van der Waals surface area contributed by atoms with Crippen LogP contribution in [0, 0.1) is 6.92 Å². The van der Waals surface area contributed by atoms with Gasteiger partial charge in [0.2, 0.25) is 0 Å². The fourth-order valence-electron chi connectivity index (χ4n) is 1.74. The van der Waals surface area contributed by atoms with E-state index in [1.807, 2.05) is 6.92 Å². The van der Waals surface area contributed by atoms with E-state index in [2.05, 4.69) is 10.3 Å². The van der Waals surface area contributed by atoms with E-state index in [4.69, 9.17) is 4.74 Å². The predicted octanol–water partition coefficient (Wildman–Crippen LogP) is 1.55. The Hall–Kier alpha value is -1.63. The van der Waals surface area contributed by atoms with Crippen LogP contribution in [0.25, 0.3) is 0 Å². The molecule has 1 aromatic rings. The maximum absolute atomic E-state index is 11.7. The molecule has 1 aliphatic rings. The van der Waals surface area contributed by atoms with Gasteiger partial charge in [0.05, 0.1) is 12.3 Å². The first-order valence-corrected chi connectivity index (χ1v) is 6.57. The average Bonchev–Trinajstić information content (AvgIpc) is 2.82. The van der Waals surface area contributed by atoms with E-state index in [0.717, 1.165) is 0 Å². The fourth-order valence-corrected chi connectivity index (χ4v) is 2.71. The molecule has 0 radical (unpaired) electrons. The van der Waals surface area contributed by atoms with Gasteiger partial charge in [-0.3, -0.25) is 4.90 Å². The molecule has 0 saturated carbocycles. The first kappa shape index (κ1) is 12.8. The first-order chi connectivity index (χ1) is 8.52. The second kappa shape index (κ2) is 4.93. The van der Waals surface area contributed by atoms with Crippen molar-refractivity contribution in [3.05, 3.63) is 10.6 Å². The molecule has 0 aromatic carbocycles. The van der Waals surface area contributed by atoms with Crippen LogP contribution in [0.1, 0.15) is 29.2 Å². The zero-order chi connectivity index (χ0) is 13.3. The highest BCUT2D eigenvalue weighted by Gasteiger charge is 2.30. The zero-order valence-electron chi connectivity index (χ0n) is 10.5. The third kappa shape index (κ3) is 2.31. The molecular weight excluding hydrogens is 254 g/mol. The molecule has 98 valence electrons. The van der Waals surface area contributed by atoms with E-state index in [1.165, 1.54) is 11.3 Å². The van der Waals surface area contributed by atoms with Gasteiger partial charge in [0, 0.05) is 12.6 Å². The molecule has 6 nitrogen and oxygen atoms in total. The molecule has 0 bridgehead atoms. The van der Waals surface area contributed by atoms with Gasteiger partial charge in [0.15, 0.2) is 5.13 Å². The van der Waals surface area contributed by atoms with Crippen LogP contribution in [0.4, 0.5) is 9.93 Å². The number of aryl methyl sites for hydroxylation is 1. The summed E-state index contributed by atoms with van der Waals surface area (Å²) in [5.74, 6) is -0.383. The molecule has 0 aliphatic carbocycles. The molecule has 2 rings (SSSR count). The molecule has 18 heavy (non-hydrogen) atoms. The van der Waals surface area contributed by atoms with Gasteiger partial charge in [0.1, 0.15) is 4.88 Å². The van der Waals surface area contributed by atoms with E-state index in [1.54, 1.807) is 18.7 Å². The number of nitrogens with zero attached hydrogens (tertiary/aromatic N) is 2. The maximum atomic E-state index is 11.7. The van der Waals surface area contributed by atoms with Crippen molar-refractivity contribution < 1.29 is 14.3 Å². The van der Waals surface area contributed by atoms with Crippen LogP contribution in [0.15, 0.2) is 0 Å². The molecule has 1 atom stereocenters. The van der Waals surface area contributed by atoms with E-state index >= 15 is 0 Å². The molecule has 7 heteroatoms. The summed E-state index contributed by atoms with van der Waals surface area (Å²) in [4.78, 5) is 29.6. The number of aromatic nitrogens is 1. The van der Waals surface area contributed by atoms with Crippen molar-refractivity contribution in [2.24, 2.45) is 0 Å². The number of nitrogens with one attached hydrogen (secondary N) is 1. The lowest BCUT2D eigenvalue weighted by Gasteiger charge is -2.08. The van der Waals surface area contributed by atoms with Crippen LogP contribution in [0.2, 0.25) is 0 Å². The quantitative estimate of drug-likeness (QED) is 0.845. The molecule has 1 saturated heterocycles. The molecule has 2 heterocycles. The highest BCUT2D eigenvalue weighted by Crippen LogP contribution is 2.28. The summed E-state index contributed by atoms with van der Waals surface area (Å²) in [7, 11) is 0. The maximum Gasteiger partial charge on any atom is 0.350 e. The standard InChI is InChI=1S/C11H15N3O3S/c1-4-17-9(15)8-7(3)13-11(18-8)14-5-6(2)12-10(14)16/h6H,4-5H2,1-3H3,(H,12,16)/t6-/m1/s1. The number of urea groups is 1. The smallest absolute Gasteiger partial charge is 0.350 e. The van der Waals surface area contributed by atoms with Gasteiger partial charge in [-0.1, -0.05) is 11.3 Å². The number of rotatable bonds is 3. The van der Waals surface area contributed by atoms with Gasteiger partial charge in [-0.25, -0.2) is 14.6 Å². The third-order valence-corrected chi connectivity index (χ3v) is 3.71. The summed E-state index contributed by atoms with van der Waals surface area (Å²) in [5, 5.41) is 3.33. The normalized spacial score (nSPS) is 18.9. The van der Waals surface area contributed by atoms with Crippen molar-refractivity contribution in [3.8, 4) is 0 Å². The predicted molar refractivity (Wildman–Crippen MR) is 68.1 cm³/mol. The Morgan fingerprint density at radius 2 is 2.39 bits per heavy atom. The van der Waals surface area contributed by atoms with Crippen LogP contribution >= 0.6 is 11.3 Å². The molecule has 1 aliphatic heterocycles. The van der Waals surface area contributed by atoms with Crippen LogP contribution < -0.4 is 10.2 Å². The van der Waals surface area contributed by atoms with Crippen LogP contribution in [-0.4, -0.2) is 36.2 Å². The number of amides is 2. The Morgan fingerprint density at radius 1 is 1.67 bits per heavy atom. The van der Waals surface area contributed by atoms with Gasteiger partial charge < -0.3 is 10.1 Å². The van der Waals surface area contributed by atoms with Gasteiger partial charge in [-0.2, -0.15) is 0 Å². The summed E-state index contributed by atoms with van der Waals surface area (Å²) >= 11 is 1.19. The number of anilines is 1. The van der Waals surface area contributed by atoms with Gasteiger partial charge >= 0.3 is 12.0 Å². The largest absolute Gasteiger partial charge is 0.462 e. The SMILES string of the molecule is CCOC(=O)c1sc(N2C[C@@H](C)NC2=O)nc1C.